The minimum Gasteiger partial charge on any atom is -0.493 e. The molecule has 3 aromatic carbocycles. The van der Waals surface area contributed by atoms with E-state index in [4.69, 9.17) is 9.47 Å². The molecular weight excluding hydrogens is 433 g/mol. The van der Waals surface area contributed by atoms with E-state index in [0.29, 0.717) is 36.6 Å². The van der Waals surface area contributed by atoms with Crippen LogP contribution < -0.4 is 14.8 Å². The van der Waals surface area contributed by atoms with E-state index in [1.807, 2.05) is 54.6 Å². The van der Waals surface area contributed by atoms with Crippen LogP contribution in [0.2, 0.25) is 0 Å². The molecule has 1 N–H and O–H groups in total. The van der Waals surface area contributed by atoms with E-state index in [-0.39, 0.29) is 24.2 Å². The monoisotopic (exact) mass is 455 g/mol. The summed E-state index contributed by atoms with van der Waals surface area (Å²) in [7, 11) is 1.58. The summed E-state index contributed by atoms with van der Waals surface area (Å²) in [6.45, 7) is 1.28. The first kappa shape index (κ1) is 23.2. The number of nitrogens with zero attached hydrogens (tertiary/aromatic N) is 4. The molecule has 0 saturated carbocycles. The van der Waals surface area contributed by atoms with E-state index < -0.39 is 0 Å². The molecular formula is C23H23ClFN5O2. The topological polar surface area (TPSA) is 74.1 Å². The number of ether oxygens (including phenoxy) is 2. The van der Waals surface area contributed by atoms with Crippen LogP contribution in [-0.2, 0) is 13.0 Å². The van der Waals surface area contributed by atoms with Crippen molar-refractivity contribution in [1.82, 2.24) is 25.5 Å². The van der Waals surface area contributed by atoms with Crippen LogP contribution in [0.4, 0.5) is 4.39 Å². The Bertz CT molecular complexity index is 1140. The van der Waals surface area contributed by atoms with Gasteiger partial charge in [-0.2, -0.15) is 4.68 Å². The largest absolute Gasteiger partial charge is 0.493 e. The average molecular weight is 456 g/mol. The quantitative estimate of drug-likeness (QED) is 0.378. The molecule has 0 bridgehead atoms. The van der Waals surface area contributed by atoms with Gasteiger partial charge in [0.15, 0.2) is 11.5 Å². The summed E-state index contributed by atoms with van der Waals surface area (Å²) >= 11 is 0. The van der Waals surface area contributed by atoms with Crippen molar-refractivity contribution in [2.45, 2.75) is 13.0 Å². The summed E-state index contributed by atoms with van der Waals surface area (Å²) in [5.41, 5.74) is 2.50. The van der Waals surface area contributed by atoms with Crippen molar-refractivity contribution >= 4 is 12.4 Å². The Kier molecular flexibility index (Phi) is 8.13. The molecule has 0 fully saturated rings. The SMILES string of the molecule is COc1cc(CNCCc2ccccc2F)ccc1Oc1nnnn1-c1ccccc1.Cl. The third-order valence-corrected chi connectivity index (χ3v) is 4.73. The number of benzene rings is 3. The van der Waals surface area contributed by atoms with Crippen molar-refractivity contribution in [3.63, 3.8) is 0 Å². The zero-order chi connectivity index (χ0) is 21.5. The van der Waals surface area contributed by atoms with E-state index in [1.165, 1.54) is 10.7 Å². The third kappa shape index (κ3) is 5.60. The fourth-order valence-corrected chi connectivity index (χ4v) is 3.14. The standard InChI is InChI=1S/C23H22FN5O2.ClH/c1-30-22-15-17(16-25-14-13-18-7-5-6-10-20(18)24)11-12-21(22)31-23-26-27-28-29(23)19-8-3-2-4-9-19;/h2-12,15,25H,13-14,16H2,1H3;1H. The van der Waals surface area contributed by atoms with Crippen molar-refractivity contribution < 1.29 is 13.9 Å². The molecule has 32 heavy (non-hydrogen) atoms. The number of hydrogen-bond acceptors (Lipinski definition) is 6. The van der Waals surface area contributed by atoms with Gasteiger partial charge in [0.05, 0.1) is 12.8 Å². The highest BCUT2D eigenvalue weighted by Gasteiger charge is 2.14. The fourth-order valence-electron chi connectivity index (χ4n) is 3.14. The Balaban J connectivity index is 0.00000289. The zero-order valence-electron chi connectivity index (χ0n) is 17.4. The Morgan fingerprint density at radius 1 is 0.969 bits per heavy atom. The van der Waals surface area contributed by atoms with Crippen LogP contribution in [0.25, 0.3) is 5.69 Å². The first-order valence-corrected chi connectivity index (χ1v) is 9.87. The molecule has 0 amide bonds. The Morgan fingerprint density at radius 2 is 1.75 bits per heavy atom. The maximum Gasteiger partial charge on any atom is 0.346 e. The number of nitrogens with one attached hydrogen (secondary N) is 1. The molecule has 0 atom stereocenters. The van der Waals surface area contributed by atoms with E-state index in [1.54, 1.807) is 19.2 Å². The number of halogens is 2. The molecule has 1 heterocycles. The Labute approximate surface area is 191 Å². The second-order valence-corrected chi connectivity index (χ2v) is 6.81. The summed E-state index contributed by atoms with van der Waals surface area (Å²) in [5.74, 6) is 0.894. The molecule has 0 aliphatic rings. The molecule has 4 aromatic rings. The van der Waals surface area contributed by atoms with Gasteiger partial charge in [-0.1, -0.05) is 47.6 Å². The Hall–Kier alpha value is -3.49. The van der Waals surface area contributed by atoms with Gasteiger partial charge in [-0.15, -0.1) is 12.4 Å². The van der Waals surface area contributed by atoms with E-state index in [0.717, 1.165) is 11.3 Å². The van der Waals surface area contributed by atoms with Crippen LogP contribution in [-0.4, -0.2) is 33.9 Å². The molecule has 9 heteroatoms. The van der Waals surface area contributed by atoms with E-state index in [2.05, 4.69) is 20.8 Å². The number of methoxy groups -OCH3 is 1. The van der Waals surface area contributed by atoms with Crippen LogP contribution in [0.3, 0.4) is 0 Å². The molecule has 1 aromatic heterocycles. The first-order valence-electron chi connectivity index (χ1n) is 9.87. The summed E-state index contributed by atoms with van der Waals surface area (Å²) in [6.07, 6.45) is 0.618. The van der Waals surface area contributed by atoms with Gasteiger partial charge in [-0.3, -0.25) is 0 Å². The third-order valence-electron chi connectivity index (χ3n) is 4.73. The maximum atomic E-state index is 13.7. The summed E-state index contributed by atoms with van der Waals surface area (Å²) < 4.78 is 26.6. The highest BCUT2D eigenvalue weighted by Crippen LogP contribution is 2.32. The van der Waals surface area contributed by atoms with Gasteiger partial charge in [-0.25, -0.2) is 4.39 Å². The van der Waals surface area contributed by atoms with Crippen LogP contribution in [0.5, 0.6) is 17.5 Å². The predicted molar refractivity (Wildman–Crippen MR) is 121 cm³/mol. The van der Waals surface area contributed by atoms with Gasteiger partial charge >= 0.3 is 6.01 Å². The summed E-state index contributed by atoms with van der Waals surface area (Å²) in [5, 5.41) is 15.0. The lowest BCUT2D eigenvalue weighted by Crippen LogP contribution is -2.17. The summed E-state index contributed by atoms with van der Waals surface area (Å²) in [6, 6.07) is 22.2. The van der Waals surface area contributed by atoms with Gasteiger partial charge < -0.3 is 14.8 Å². The van der Waals surface area contributed by atoms with Gasteiger partial charge in [0.25, 0.3) is 0 Å². The molecule has 166 valence electrons. The Morgan fingerprint density at radius 3 is 2.53 bits per heavy atom. The number of hydrogen-bond donors (Lipinski definition) is 1. The smallest absolute Gasteiger partial charge is 0.346 e. The average Bonchev–Trinajstić information content (AvgIpc) is 3.27. The lowest BCUT2D eigenvalue weighted by molar-refractivity contribution is 0.362. The lowest BCUT2D eigenvalue weighted by atomic mass is 10.1. The molecule has 4 rings (SSSR count). The minimum atomic E-state index is -0.176. The normalized spacial score (nSPS) is 10.4. The highest BCUT2D eigenvalue weighted by molar-refractivity contribution is 5.85. The predicted octanol–water partition coefficient (Wildman–Crippen LogP) is 4.36. The van der Waals surface area contributed by atoms with Crippen molar-refractivity contribution in [3.8, 4) is 23.2 Å². The highest BCUT2D eigenvalue weighted by atomic mass is 35.5. The van der Waals surface area contributed by atoms with Gasteiger partial charge in [0, 0.05) is 6.54 Å². The maximum absolute atomic E-state index is 13.7. The molecule has 0 aliphatic heterocycles. The fraction of sp³-hybridized carbons (Fsp3) is 0.174. The van der Waals surface area contributed by atoms with Crippen molar-refractivity contribution in [2.24, 2.45) is 0 Å². The number of tetrazole rings is 1. The van der Waals surface area contributed by atoms with Gasteiger partial charge in [-0.05, 0) is 64.9 Å². The minimum absolute atomic E-state index is 0. The molecule has 7 nitrogen and oxygen atoms in total. The van der Waals surface area contributed by atoms with Crippen molar-refractivity contribution in [1.29, 1.82) is 0 Å². The van der Waals surface area contributed by atoms with Crippen molar-refractivity contribution in [2.75, 3.05) is 13.7 Å². The van der Waals surface area contributed by atoms with Gasteiger partial charge in [0.1, 0.15) is 5.82 Å². The lowest BCUT2D eigenvalue weighted by Gasteiger charge is -2.12. The summed E-state index contributed by atoms with van der Waals surface area (Å²) in [4.78, 5) is 0. The molecule has 0 saturated heterocycles. The van der Waals surface area contributed by atoms with Crippen LogP contribution in [0, 0.1) is 5.82 Å². The molecule has 0 aliphatic carbocycles. The molecule has 0 unspecified atom stereocenters. The number of rotatable bonds is 9. The second-order valence-electron chi connectivity index (χ2n) is 6.81. The van der Waals surface area contributed by atoms with Crippen molar-refractivity contribution in [3.05, 3.63) is 89.7 Å². The second kappa shape index (κ2) is 11.2. The molecule has 0 radical (unpaired) electrons. The van der Waals surface area contributed by atoms with E-state index >= 15 is 0 Å². The van der Waals surface area contributed by atoms with Crippen LogP contribution in [0.15, 0.2) is 72.8 Å². The zero-order valence-corrected chi connectivity index (χ0v) is 18.3. The number of para-hydroxylation sites is 1. The number of aromatic nitrogens is 4. The van der Waals surface area contributed by atoms with Crippen LogP contribution in [0.1, 0.15) is 11.1 Å². The van der Waals surface area contributed by atoms with Gasteiger partial charge in [0.2, 0.25) is 0 Å². The first-order chi connectivity index (χ1) is 15.2. The van der Waals surface area contributed by atoms with Crippen LogP contribution >= 0.6 is 12.4 Å². The van der Waals surface area contributed by atoms with E-state index in [9.17, 15) is 4.39 Å². The molecule has 0 spiro atoms.